The highest BCUT2D eigenvalue weighted by molar-refractivity contribution is 5.87. The molecular formula is C14H19FN4O3. The Morgan fingerprint density at radius 2 is 2.27 bits per heavy atom. The summed E-state index contributed by atoms with van der Waals surface area (Å²) >= 11 is 0. The van der Waals surface area contributed by atoms with Crippen molar-refractivity contribution in [3.63, 3.8) is 0 Å². The van der Waals surface area contributed by atoms with Gasteiger partial charge in [0.2, 0.25) is 0 Å². The number of hydrogen-bond acceptors (Lipinski definition) is 6. The molecule has 0 aliphatic carbocycles. The van der Waals surface area contributed by atoms with Crippen LogP contribution in [0.3, 0.4) is 0 Å². The molecule has 7 nitrogen and oxygen atoms in total. The molecule has 0 radical (unpaired) electrons. The average Bonchev–Trinajstić information content (AvgIpc) is 3.01. The van der Waals surface area contributed by atoms with Gasteiger partial charge in [-0.05, 0) is 13.8 Å². The van der Waals surface area contributed by atoms with E-state index in [9.17, 15) is 9.50 Å². The van der Waals surface area contributed by atoms with Crippen molar-refractivity contribution in [3.05, 3.63) is 18.1 Å². The zero-order chi connectivity index (χ0) is 15.9. The van der Waals surface area contributed by atoms with Crippen LogP contribution in [0.4, 0.5) is 10.2 Å². The highest BCUT2D eigenvalue weighted by Crippen LogP contribution is 2.38. The lowest BCUT2D eigenvalue weighted by atomic mass is 10.0. The summed E-state index contributed by atoms with van der Waals surface area (Å²) in [6.07, 6.45) is -1.55. The van der Waals surface area contributed by atoms with Crippen LogP contribution in [0.5, 0.6) is 0 Å². The van der Waals surface area contributed by atoms with Crippen LogP contribution in [0.15, 0.2) is 12.5 Å². The Morgan fingerprint density at radius 3 is 3.00 bits per heavy atom. The third-order valence-corrected chi connectivity index (χ3v) is 3.74. The van der Waals surface area contributed by atoms with Crippen LogP contribution >= 0.6 is 0 Å². The van der Waals surface area contributed by atoms with E-state index in [1.165, 1.54) is 6.33 Å². The summed E-state index contributed by atoms with van der Waals surface area (Å²) in [5.41, 5.74) is 7.30. The van der Waals surface area contributed by atoms with Crippen LogP contribution in [0.25, 0.3) is 11.0 Å². The number of fused-ring (bicyclic) bond motifs is 1. The molecule has 3 heterocycles. The van der Waals surface area contributed by atoms with Crippen molar-refractivity contribution in [2.45, 2.75) is 44.4 Å². The number of aliphatic hydroxyl groups excluding tert-OH is 1. The van der Waals surface area contributed by atoms with E-state index >= 15 is 0 Å². The third-order valence-electron chi connectivity index (χ3n) is 3.74. The van der Waals surface area contributed by atoms with Crippen molar-refractivity contribution in [1.29, 1.82) is 0 Å². The van der Waals surface area contributed by atoms with Gasteiger partial charge >= 0.3 is 0 Å². The maximum Gasteiger partial charge on any atom is 0.159 e. The highest BCUT2D eigenvalue weighted by atomic mass is 19.1. The molecule has 2 aromatic heterocycles. The van der Waals surface area contributed by atoms with Gasteiger partial charge in [-0.25, -0.2) is 14.4 Å². The molecule has 0 unspecified atom stereocenters. The van der Waals surface area contributed by atoms with Crippen LogP contribution in [-0.2, 0) is 9.47 Å². The van der Waals surface area contributed by atoms with E-state index in [2.05, 4.69) is 15.0 Å². The van der Waals surface area contributed by atoms with E-state index in [-0.39, 0.29) is 18.5 Å². The summed E-state index contributed by atoms with van der Waals surface area (Å²) < 4.78 is 25.5. The molecule has 1 fully saturated rings. The van der Waals surface area contributed by atoms with Gasteiger partial charge in [-0.1, -0.05) is 0 Å². The fourth-order valence-corrected chi connectivity index (χ4v) is 2.59. The van der Waals surface area contributed by atoms with E-state index in [0.717, 1.165) is 0 Å². The molecule has 2 aromatic rings. The lowest BCUT2D eigenvalue weighted by molar-refractivity contribution is -0.0587. The average molecular weight is 310 g/mol. The Labute approximate surface area is 126 Å². The molecule has 0 aromatic carbocycles. The number of halogens is 1. The smallest absolute Gasteiger partial charge is 0.159 e. The SMILES string of the molecule is CC(C)OC[C@H]1O[C@@H](c2c[nH]c3c(N)ncnc23)[C@H](F)[C@@H]1O. The molecule has 0 saturated carbocycles. The minimum absolute atomic E-state index is 0.0199. The fraction of sp³-hybridized carbons (Fsp3) is 0.571. The van der Waals surface area contributed by atoms with Crippen molar-refractivity contribution in [3.8, 4) is 0 Å². The number of nitrogen functional groups attached to an aromatic ring is 1. The first-order valence-corrected chi connectivity index (χ1v) is 7.15. The summed E-state index contributed by atoms with van der Waals surface area (Å²) in [6, 6.07) is 0. The molecule has 22 heavy (non-hydrogen) atoms. The van der Waals surface area contributed by atoms with Gasteiger partial charge in [0, 0.05) is 11.8 Å². The first kappa shape index (κ1) is 15.1. The predicted molar refractivity (Wildman–Crippen MR) is 77.9 cm³/mol. The predicted octanol–water partition coefficient (Wildman–Crippen LogP) is 1.10. The largest absolute Gasteiger partial charge is 0.387 e. The Balaban J connectivity index is 1.86. The molecule has 8 heteroatoms. The second-order valence-electron chi connectivity index (χ2n) is 5.64. The summed E-state index contributed by atoms with van der Waals surface area (Å²) in [5, 5.41) is 10.0. The van der Waals surface area contributed by atoms with Gasteiger partial charge in [0.25, 0.3) is 0 Å². The van der Waals surface area contributed by atoms with E-state index in [1.54, 1.807) is 6.20 Å². The maximum absolute atomic E-state index is 14.4. The van der Waals surface area contributed by atoms with Gasteiger partial charge in [0.05, 0.1) is 18.2 Å². The summed E-state index contributed by atoms with van der Waals surface area (Å²) in [7, 11) is 0. The minimum Gasteiger partial charge on any atom is -0.387 e. The fourth-order valence-electron chi connectivity index (χ4n) is 2.59. The number of aliphatic hydroxyl groups is 1. The Bertz CT molecular complexity index is 663. The zero-order valence-corrected chi connectivity index (χ0v) is 12.4. The number of alkyl halides is 1. The Kier molecular flexibility index (Phi) is 3.98. The van der Waals surface area contributed by atoms with Gasteiger partial charge in [-0.3, -0.25) is 0 Å². The summed E-state index contributed by atoms with van der Waals surface area (Å²) in [6.45, 7) is 3.87. The van der Waals surface area contributed by atoms with Crippen LogP contribution in [0.1, 0.15) is 25.5 Å². The molecule has 3 rings (SSSR count). The number of nitrogens with two attached hydrogens (primary N) is 1. The standard InChI is InChI=1S/C14H19FN4O3/c1-6(2)21-4-8-12(20)9(15)13(22-8)7-3-17-11-10(7)18-5-19-14(11)16/h3,5-6,8-9,12-13,17,20H,4H2,1-2H3,(H2,16,18,19)/t8-,9-,12-,13+/m1/s1. The molecule has 4 atom stereocenters. The van der Waals surface area contributed by atoms with Gasteiger partial charge < -0.3 is 25.3 Å². The number of aromatic nitrogens is 3. The molecule has 1 aliphatic heterocycles. The van der Waals surface area contributed by atoms with E-state index in [0.29, 0.717) is 16.6 Å². The minimum atomic E-state index is -1.56. The summed E-state index contributed by atoms with van der Waals surface area (Å²) in [5.74, 6) is 0.282. The second-order valence-corrected chi connectivity index (χ2v) is 5.64. The van der Waals surface area contributed by atoms with Crippen molar-refractivity contribution < 1.29 is 19.0 Å². The monoisotopic (exact) mass is 310 g/mol. The molecule has 1 saturated heterocycles. The molecule has 1 aliphatic rings. The van der Waals surface area contributed by atoms with Crippen molar-refractivity contribution >= 4 is 16.9 Å². The normalized spacial score (nSPS) is 28.8. The molecule has 120 valence electrons. The van der Waals surface area contributed by atoms with Gasteiger partial charge in [0.15, 0.2) is 12.0 Å². The van der Waals surface area contributed by atoms with Crippen molar-refractivity contribution in [2.75, 3.05) is 12.3 Å². The number of hydrogen-bond donors (Lipinski definition) is 3. The quantitative estimate of drug-likeness (QED) is 0.781. The molecule has 0 spiro atoms. The van der Waals surface area contributed by atoms with Crippen LogP contribution in [0, 0.1) is 0 Å². The van der Waals surface area contributed by atoms with Gasteiger partial charge in [0.1, 0.15) is 30.2 Å². The summed E-state index contributed by atoms with van der Waals surface area (Å²) in [4.78, 5) is 10.9. The first-order valence-electron chi connectivity index (χ1n) is 7.15. The third kappa shape index (κ3) is 2.53. The van der Waals surface area contributed by atoms with Gasteiger partial charge in [-0.2, -0.15) is 0 Å². The van der Waals surface area contributed by atoms with Crippen molar-refractivity contribution in [1.82, 2.24) is 15.0 Å². The van der Waals surface area contributed by atoms with Crippen molar-refractivity contribution in [2.24, 2.45) is 0 Å². The lowest BCUT2D eigenvalue weighted by Crippen LogP contribution is -2.32. The number of aromatic amines is 1. The molecular weight excluding hydrogens is 291 g/mol. The second kappa shape index (κ2) is 5.79. The molecule has 0 bridgehead atoms. The lowest BCUT2D eigenvalue weighted by Gasteiger charge is -2.16. The number of nitrogens with one attached hydrogen (secondary N) is 1. The number of anilines is 1. The number of H-pyrrole nitrogens is 1. The topological polar surface area (TPSA) is 106 Å². The number of rotatable bonds is 4. The van der Waals surface area contributed by atoms with E-state index < -0.39 is 24.5 Å². The first-order chi connectivity index (χ1) is 10.5. The number of nitrogens with zero attached hydrogens (tertiary/aromatic N) is 2. The van der Waals surface area contributed by atoms with Crippen LogP contribution in [-0.4, -0.2) is 51.1 Å². The maximum atomic E-state index is 14.4. The Morgan fingerprint density at radius 1 is 1.50 bits per heavy atom. The Hall–Kier alpha value is -1.77. The van der Waals surface area contributed by atoms with Gasteiger partial charge in [-0.15, -0.1) is 0 Å². The van der Waals surface area contributed by atoms with E-state index in [1.807, 2.05) is 13.8 Å². The number of ether oxygens (including phenoxy) is 2. The highest BCUT2D eigenvalue weighted by Gasteiger charge is 2.46. The van der Waals surface area contributed by atoms with Crippen LogP contribution in [0.2, 0.25) is 0 Å². The van der Waals surface area contributed by atoms with Crippen LogP contribution < -0.4 is 5.73 Å². The molecule has 4 N–H and O–H groups in total. The molecule has 0 amide bonds. The van der Waals surface area contributed by atoms with E-state index in [4.69, 9.17) is 15.2 Å². The zero-order valence-electron chi connectivity index (χ0n) is 12.4.